The van der Waals surface area contributed by atoms with Gasteiger partial charge in [0.1, 0.15) is 5.75 Å². The smallest absolute Gasteiger partial charge is 0.387 e. The van der Waals surface area contributed by atoms with E-state index in [1.165, 1.54) is 49.4 Å². The van der Waals surface area contributed by atoms with Crippen LogP contribution in [0.5, 0.6) is 5.75 Å². The third kappa shape index (κ3) is 5.20. The van der Waals surface area contributed by atoms with E-state index in [2.05, 4.69) is 10.1 Å². The molecule has 0 aliphatic heterocycles. The van der Waals surface area contributed by atoms with Crippen LogP contribution >= 0.6 is 0 Å². The molecule has 9 heteroatoms. The summed E-state index contributed by atoms with van der Waals surface area (Å²) in [5.74, 6) is -2.26. The van der Waals surface area contributed by atoms with Gasteiger partial charge in [-0.3, -0.25) is 14.4 Å². The first-order chi connectivity index (χ1) is 17.2. The van der Waals surface area contributed by atoms with Gasteiger partial charge in [-0.2, -0.15) is 8.78 Å². The Morgan fingerprint density at radius 1 is 0.861 bits per heavy atom. The van der Waals surface area contributed by atoms with Gasteiger partial charge in [0.05, 0.1) is 11.3 Å². The van der Waals surface area contributed by atoms with Gasteiger partial charge in [-0.15, -0.1) is 0 Å². The molecule has 1 amide bonds. The molecule has 0 bridgehead atoms. The van der Waals surface area contributed by atoms with Crippen molar-refractivity contribution in [3.05, 3.63) is 101 Å². The van der Waals surface area contributed by atoms with Gasteiger partial charge >= 0.3 is 12.6 Å². The maximum Gasteiger partial charge on any atom is 0.387 e. The van der Waals surface area contributed by atoms with Gasteiger partial charge in [0.15, 0.2) is 17.7 Å². The maximum atomic E-state index is 13.1. The highest BCUT2D eigenvalue weighted by Crippen LogP contribution is 2.32. The lowest BCUT2D eigenvalue weighted by atomic mass is 9.83. The molecule has 0 spiro atoms. The van der Waals surface area contributed by atoms with Crippen LogP contribution in [-0.2, 0) is 14.3 Å². The van der Waals surface area contributed by atoms with Crippen molar-refractivity contribution in [2.45, 2.75) is 19.6 Å². The van der Waals surface area contributed by atoms with Crippen molar-refractivity contribution >= 4 is 35.2 Å². The molecule has 1 aliphatic rings. The molecule has 1 N–H and O–H groups in total. The molecule has 1 atom stereocenters. The summed E-state index contributed by atoms with van der Waals surface area (Å²) in [6.07, 6.45) is 1.24. The highest BCUT2D eigenvalue weighted by atomic mass is 19.3. The fourth-order valence-electron chi connectivity index (χ4n) is 3.68. The topological polar surface area (TPSA) is 98.8 Å². The van der Waals surface area contributed by atoms with Crippen LogP contribution in [-0.4, -0.2) is 36.2 Å². The molecular formula is C27H19F2NO6. The Bertz CT molecular complexity index is 1380. The van der Waals surface area contributed by atoms with E-state index in [4.69, 9.17) is 4.74 Å². The lowest BCUT2D eigenvalue weighted by Crippen LogP contribution is -2.31. The lowest BCUT2D eigenvalue weighted by Gasteiger charge is -2.21. The molecule has 0 heterocycles. The predicted octanol–water partition coefficient (Wildman–Crippen LogP) is 4.65. The van der Waals surface area contributed by atoms with Crippen molar-refractivity contribution in [3.8, 4) is 5.75 Å². The Morgan fingerprint density at radius 2 is 1.50 bits per heavy atom. The summed E-state index contributed by atoms with van der Waals surface area (Å²) < 4.78 is 33.8. The van der Waals surface area contributed by atoms with Crippen molar-refractivity contribution in [2.24, 2.45) is 0 Å². The number of rotatable bonds is 7. The monoisotopic (exact) mass is 491 g/mol. The van der Waals surface area contributed by atoms with Crippen LogP contribution in [0.3, 0.4) is 0 Å². The normalized spacial score (nSPS) is 13.2. The maximum absolute atomic E-state index is 13.1. The molecule has 1 unspecified atom stereocenters. The molecule has 36 heavy (non-hydrogen) atoms. The second-order valence-electron chi connectivity index (χ2n) is 7.78. The summed E-state index contributed by atoms with van der Waals surface area (Å²) in [4.78, 5) is 50.7. The predicted molar refractivity (Wildman–Crippen MR) is 126 cm³/mol. The molecule has 4 rings (SSSR count). The number of alkyl halides is 2. The number of benzene rings is 3. The highest BCUT2D eigenvalue weighted by Gasteiger charge is 2.32. The van der Waals surface area contributed by atoms with Crippen LogP contribution in [0, 0.1) is 0 Å². The molecule has 182 valence electrons. The molecule has 0 fully saturated rings. The van der Waals surface area contributed by atoms with E-state index < -0.39 is 30.4 Å². The summed E-state index contributed by atoms with van der Waals surface area (Å²) in [5.41, 5.74) is 1.44. The zero-order valence-corrected chi connectivity index (χ0v) is 18.9. The van der Waals surface area contributed by atoms with Crippen LogP contribution in [0.2, 0.25) is 0 Å². The number of hydrogen-bond donors (Lipinski definition) is 1. The second kappa shape index (κ2) is 10.3. The molecule has 0 aromatic heterocycles. The summed E-state index contributed by atoms with van der Waals surface area (Å²) in [5, 5.41) is 2.56. The van der Waals surface area contributed by atoms with E-state index in [0.717, 1.165) is 6.08 Å². The number of carbonyl (C=O) groups is 4. The number of nitrogens with one attached hydrogen (secondary N) is 1. The lowest BCUT2D eigenvalue weighted by molar-refractivity contribution is -0.148. The van der Waals surface area contributed by atoms with Gasteiger partial charge in [-0.25, -0.2) is 4.79 Å². The van der Waals surface area contributed by atoms with Gasteiger partial charge in [-0.05, 0) is 36.8 Å². The van der Waals surface area contributed by atoms with E-state index in [-0.39, 0.29) is 33.9 Å². The molecule has 1 aliphatic carbocycles. The standard InChI is InChI=1S/C27H19F2NO6/c1-15(35-22(31)14-11-16-9-12-17(13-10-16)36-27(28)29)26(34)30-21-8-4-7-20-23(21)25(33)19-6-3-2-5-18(19)24(20)32/h2-15,27H,1H3,(H,30,34)/b14-11+. The largest absolute Gasteiger partial charge is 0.449 e. The number of esters is 1. The Hall–Kier alpha value is -4.66. The van der Waals surface area contributed by atoms with Gasteiger partial charge in [0.25, 0.3) is 5.91 Å². The van der Waals surface area contributed by atoms with E-state index >= 15 is 0 Å². The summed E-state index contributed by atoms with van der Waals surface area (Å²) in [6.45, 7) is -1.58. The zero-order valence-electron chi connectivity index (χ0n) is 18.9. The number of hydrogen-bond acceptors (Lipinski definition) is 6. The van der Waals surface area contributed by atoms with Gasteiger partial charge in [-0.1, -0.05) is 48.5 Å². The van der Waals surface area contributed by atoms with Crippen LogP contribution < -0.4 is 10.1 Å². The highest BCUT2D eigenvalue weighted by molar-refractivity contribution is 6.30. The van der Waals surface area contributed by atoms with Crippen LogP contribution in [0.4, 0.5) is 14.5 Å². The molecule has 3 aromatic carbocycles. The van der Waals surface area contributed by atoms with Crippen molar-refractivity contribution in [1.29, 1.82) is 0 Å². The van der Waals surface area contributed by atoms with Crippen molar-refractivity contribution in [3.63, 3.8) is 0 Å². The fourth-order valence-corrected chi connectivity index (χ4v) is 3.68. The van der Waals surface area contributed by atoms with Crippen LogP contribution in [0.15, 0.2) is 72.8 Å². The number of amides is 1. The Balaban J connectivity index is 1.42. The number of fused-ring (bicyclic) bond motifs is 2. The summed E-state index contributed by atoms with van der Waals surface area (Å²) in [7, 11) is 0. The Morgan fingerprint density at radius 3 is 2.17 bits per heavy atom. The van der Waals surface area contributed by atoms with Gasteiger partial charge in [0, 0.05) is 22.8 Å². The zero-order chi connectivity index (χ0) is 25.8. The van der Waals surface area contributed by atoms with Crippen molar-refractivity contribution in [1.82, 2.24) is 0 Å². The first kappa shape index (κ1) is 24.5. The van der Waals surface area contributed by atoms with Crippen molar-refractivity contribution < 1.29 is 37.4 Å². The molecule has 0 saturated heterocycles. The number of ether oxygens (including phenoxy) is 2. The summed E-state index contributed by atoms with van der Waals surface area (Å²) >= 11 is 0. The van der Waals surface area contributed by atoms with Gasteiger partial charge in [0.2, 0.25) is 0 Å². The Kier molecular flexibility index (Phi) is 7.00. The van der Waals surface area contributed by atoms with E-state index in [1.807, 2.05) is 0 Å². The average Bonchev–Trinajstić information content (AvgIpc) is 2.86. The SMILES string of the molecule is CC(OC(=O)/C=C/c1ccc(OC(F)F)cc1)C(=O)Nc1cccc2c1C(=O)c1ccccc1C2=O. The molecule has 0 radical (unpaired) electrons. The van der Waals surface area contributed by atoms with Crippen LogP contribution in [0.25, 0.3) is 6.08 Å². The molecule has 0 saturated carbocycles. The minimum atomic E-state index is -2.94. The van der Waals surface area contributed by atoms with E-state index in [1.54, 1.807) is 30.3 Å². The summed E-state index contributed by atoms with van der Waals surface area (Å²) in [6, 6.07) is 16.6. The average molecular weight is 491 g/mol. The van der Waals surface area contributed by atoms with E-state index in [0.29, 0.717) is 11.1 Å². The third-order valence-electron chi connectivity index (χ3n) is 5.39. The number of carbonyl (C=O) groups excluding carboxylic acids is 4. The quantitative estimate of drug-likeness (QED) is 0.299. The first-order valence-electron chi connectivity index (χ1n) is 10.8. The number of halogens is 2. The number of anilines is 1. The van der Waals surface area contributed by atoms with Crippen molar-refractivity contribution in [2.75, 3.05) is 5.32 Å². The second-order valence-corrected chi connectivity index (χ2v) is 7.78. The molecular weight excluding hydrogens is 472 g/mol. The van der Waals surface area contributed by atoms with Crippen LogP contribution in [0.1, 0.15) is 44.3 Å². The fraction of sp³-hybridized carbons (Fsp3) is 0.111. The first-order valence-corrected chi connectivity index (χ1v) is 10.8. The minimum Gasteiger partial charge on any atom is -0.449 e. The number of ketones is 2. The molecule has 7 nitrogen and oxygen atoms in total. The minimum absolute atomic E-state index is 0.0261. The molecule has 3 aromatic rings. The third-order valence-corrected chi connectivity index (χ3v) is 5.39. The van der Waals surface area contributed by atoms with E-state index in [9.17, 15) is 28.0 Å². The Labute approximate surface area is 204 Å². The van der Waals surface area contributed by atoms with Gasteiger partial charge < -0.3 is 14.8 Å².